The first kappa shape index (κ1) is 19.2. The van der Waals surface area contributed by atoms with E-state index in [1.165, 1.54) is 0 Å². The standard InChI is InChI=1S/C23H22N6O2/c1-12-13(2)28-29-21(12)20(30)8-14-7-16-10-18(27-22(16)25-11-14)15-5-6-24-19(9-15)23(31)26-17-3-4-17/h5-7,9-11,17H,3-4,8H2,1-2H3,(H,25,27)(H,26,31)(H,28,29). The summed E-state index contributed by atoms with van der Waals surface area (Å²) in [5.41, 5.74) is 5.88. The number of amides is 1. The van der Waals surface area contributed by atoms with E-state index >= 15 is 0 Å². The lowest BCUT2D eigenvalue weighted by Crippen LogP contribution is -2.26. The van der Waals surface area contributed by atoms with E-state index in [0.717, 1.165) is 52.0 Å². The van der Waals surface area contributed by atoms with E-state index in [2.05, 4.69) is 30.5 Å². The fourth-order valence-corrected chi connectivity index (χ4v) is 3.55. The van der Waals surface area contributed by atoms with Crippen LogP contribution in [0.1, 0.15) is 50.6 Å². The molecule has 156 valence electrons. The van der Waals surface area contributed by atoms with Crippen LogP contribution in [0.3, 0.4) is 0 Å². The predicted molar refractivity (Wildman–Crippen MR) is 116 cm³/mol. The van der Waals surface area contributed by atoms with Crippen molar-refractivity contribution in [1.29, 1.82) is 0 Å². The van der Waals surface area contributed by atoms with Crippen LogP contribution in [0.2, 0.25) is 0 Å². The van der Waals surface area contributed by atoms with Crippen molar-refractivity contribution in [2.24, 2.45) is 0 Å². The zero-order valence-electron chi connectivity index (χ0n) is 17.3. The summed E-state index contributed by atoms with van der Waals surface area (Å²) in [6.45, 7) is 3.79. The molecule has 1 saturated carbocycles. The highest BCUT2D eigenvalue weighted by atomic mass is 16.2. The normalized spacial score (nSPS) is 13.5. The van der Waals surface area contributed by atoms with Gasteiger partial charge in [-0.25, -0.2) is 4.98 Å². The van der Waals surface area contributed by atoms with Gasteiger partial charge in [0, 0.05) is 52.8 Å². The van der Waals surface area contributed by atoms with Crippen LogP contribution in [0.15, 0.2) is 36.7 Å². The van der Waals surface area contributed by atoms with E-state index in [0.29, 0.717) is 11.4 Å². The van der Waals surface area contributed by atoms with Crippen LogP contribution in [-0.4, -0.2) is 42.9 Å². The number of fused-ring (bicyclic) bond motifs is 1. The largest absolute Gasteiger partial charge is 0.348 e. The highest BCUT2D eigenvalue weighted by Crippen LogP contribution is 2.25. The Balaban J connectivity index is 1.39. The van der Waals surface area contributed by atoms with Crippen LogP contribution < -0.4 is 5.32 Å². The Labute approximate surface area is 178 Å². The maximum Gasteiger partial charge on any atom is 0.270 e. The van der Waals surface area contributed by atoms with Crippen LogP contribution in [-0.2, 0) is 6.42 Å². The number of hydrogen-bond donors (Lipinski definition) is 3. The van der Waals surface area contributed by atoms with Gasteiger partial charge in [-0.1, -0.05) is 0 Å². The third-order valence-corrected chi connectivity index (χ3v) is 5.62. The molecule has 0 radical (unpaired) electrons. The molecule has 0 aliphatic heterocycles. The topological polar surface area (TPSA) is 116 Å². The van der Waals surface area contributed by atoms with Crippen molar-refractivity contribution in [1.82, 2.24) is 30.5 Å². The van der Waals surface area contributed by atoms with Gasteiger partial charge in [-0.05, 0) is 56.5 Å². The fourth-order valence-electron chi connectivity index (χ4n) is 3.55. The maximum atomic E-state index is 12.6. The first-order valence-electron chi connectivity index (χ1n) is 10.3. The Bertz CT molecular complexity index is 1310. The van der Waals surface area contributed by atoms with Crippen LogP contribution in [0, 0.1) is 13.8 Å². The molecule has 3 N–H and O–H groups in total. The molecule has 0 spiro atoms. The van der Waals surface area contributed by atoms with Crippen LogP contribution >= 0.6 is 0 Å². The number of rotatable bonds is 6. The number of carbonyl (C=O) groups is 2. The summed E-state index contributed by atoms with van der Waals surface area (Å²) in [5, 5.41) is 10.8. The molecule has 1 aliphatic rings. The van der Waals surface area contributed by atoms with E-state index in [1.807, 2.05) is 32.0 Å². The summed E-state index contributed by atoms with van der Waals surface area (Å²) in [6, 6.07) is 7.83. The molecule has 0 bridgehead atoms. The SMILES string of the molecule is Cc1[nH]nc(C(=O)Cc2cnc3[nH]c(-c4ccnc(C(=O)NC5CC5)c4)cc3c2)c1C. The molecule has 0 unspecified atom stereocenters. The number of pyridine rings is 2. The number of ketones is 1. The number of hydrogen-bond acceptors (Lipinski definition) is 5. The molecule has 0 aromatic carbocycles. The molecule has 31 heavy (non-hydrogen) atoms. The van der Waals surface area contributed by atoms with Gasteiger partial charge in [0.1, 0.15) is 17.0 Å². The van der Waals surface area contributed by atoms with Gasteiger partial charge in [0.25, 0.3) is 5.91 Å². The van der Waals surface area contributed by atoms with Gasteiger partial charge in [-0.15, -0.1) is 0 Å². The number of aryl methyl sites for hydroxylation is 1. The Morgan fingerprint density at radius 1 is 1.16 bits per heavy atom. The maximum absolute atomic E-state index is 12.6. The third-order valence-electron chi connectivity index (χ3n) is 5.62. The molecule has 4 aromatic heterocycles. The van der Waals surface area contributed by atoms with Crippen LogP contribution in [0.5, 0.6) is 0 Å². The van der Waals surface area contributed by atoms with Crippen LogP contribution in [0.25, 0.3) is 22.3 Å². The summed E-state index contributed by atoms with van der Waals surface area (Å²) < 4.78 is 0. The number of aromatic nitrogens is 5. The smallest absolute Gasteiger partial charge is 0.270 e. The van der Waals surface area contributed by atoms with Crippen molar-refractivity contribution in [3.8, 4) is 11.3 Å². The van der Waals surface area contributed by atoms with Crippen molar-refractivity contribution in [3.63, 3.8) is 0 Å². The van der Waals surface area contributed by atoms with E-state index in [9.17, 15) is 9.59 Å². The monoisotopic (exact) mass is 414 g/mol. The molecular weight excluding hydrogens is 392 g/mol. The lowest BCUT2D eigenvalue weighted by molar-refractivity contribution is 0.0944. The van der Waals surface area contributed by atoms with Crippen molar-refractivity contribution < 1.29 is 9.59 Å². The second-order valence-corrected chi connectivity index (χ2v) is 8.06. The van der Waals surface area contributed by atoms with Gasteiger partial charge in [-0.3, -0.25) is 19.7 Å². The quantitative estimate of drug-likeness (QED) is 0.419. The number of nitrogens with zero attached hydrogens (tertiary/aromatic N) is 3. The summed E-state index contributed by atoms with van der Waals surface area (Å²) >= 11 is 0. The van der Waals surface area contributed by atoms with Crippen molar-refractivity contribution in [2.45, 2.75) is 39.2 Å². The zero-order valence-corrected chi connectivity index (χ0v) is 17.3. The number of carbonyl (C=O) groups excluding carboxylic acids is 2. The van der Waals surface area contributed by atoms with Crippen LogP contribution in [0.4, 0.5) is 0 Å². The number of H-pyrrole nitrogens is 2. The molecule has 1 amide bonds. The highest BCUT2D eigenvalue weighted by Gasteiger charge is 2.24. The minimum absolute atomic E-state index is 0.0424. The minimum atomic E-state index is -0.150. The first-order chi connectivity index (χ1) is 15.0. The van der Waals surface area contributed by atoms with Gasteiger partial charge in [0.2, 0.25) is 0 Å². The molecule has 1 fully saturated rings. The number of Topliss-reactive ketones (excluding diaryl/α,β-unsaturated/α-hetero) is 1. The number of aromatic amines is 2. The summed E-state index contributed by atoms with van der Waals surface area (Å²) in [4.78, 5) is 36.9. The summed E-state index contributed by atoms with van der Waals surface area (Å²) in [5.74, 6) is -0.192. The number of nitrogens with one attached hydrogen (secondary N) is 3. The van der Waals surface area contributed by atoms with E-state index in [-0.39, 0.29) is 24.2 Å². The van der Waals surface area contributed by atoms with E-state index in [4.69, 9.17) is 0 Å². The van der Waals surface area contributed by atoms with Gasteiger partial charge in [-0.2, -0.15) is 5.10 Å². The predicted octanol–water partition coefficient (Wildman–Crippen LogP) is 3.28. The Morgan fingerprint density at radius 3 is 2.74 bits per heavy atom. The lowest BCUT2D eigenvalue weighted by atomic mass is 10.0. The fraction of sp³-hybridized carbons (Fsp3) is 0.261. The minimum Gasteiger partial charge on any atom is -0.348 e. The molecule has 8 nitrogen and oxygen atoms in total. The van der Waals surface area contributed by atoms with Gasteiger partial charge in [0.05, 0.1) is 0 Å². The van der Waals surface area contributed by atoms with E-state index < -0.39 is 0 Å². The average Bonchev–Trinajstić information content (AvgIpc) is 3.37. The van der Waals surface area contributed by atoms with Crippen molar-refractivity contribution >= 4 is 22.7 Å². The third kappa shape index (κ3) is 3.84. The molecule has 4 heterocycles. The second-order valence-electron chi connectivity index (χ2n) is 8.06. The van der Waals surface area contributed by atoms with Gasteiger partial charge < -0.3 is 10.3 Å². The molecule has 5 rings (SSSR count). The molecule has 0 saturated heterocycles. The van der Waals surface area contributed by atoms with Crippen molar-refractivity contribution in [2.75, 3.05) is 0 Å². The second kappa shape index (κ2) is 7.46. The Morgan fingerprint density at radius 2 is 2.00 bits per heavy atom. The zero-order chi connectivity index (χ0) is 21.5. The lowest BCUT2D eigenvalue weighted by Gasteiger charge is -2.04. The molecule has 4 aromatic rings. The Hall–Kier alpha value is -3.81. The Kier molecular flexibility index (Phi) is 4.62. The molecule has 0 atom stereocenters. The molecule has 1 aliphatic carbocycles. The average molecular weight is 414 g/mol. The summed E-state index contributed by atoms with van der Waals surface area (Å²) in [6.07, 6.45) is 5.63. The van der Waals surface area contributed by atoms with E-state index in [1.54, 1.807) is 18.5 Å². The highest BCUT2D eigenvalue weighted by molar-refractivity contribution is 5.98. The van der Waals surface area contributed by atoms with Gasteiger partial charge >= 0.3 is 0 Å². The molecule has 8 heteroatoms. The van der Waals surface area contributed by atoms with Gasteiger partial charge in [0.15, 0.2) is 5.78 Å². The first-order valence-corrected chi connectivity index (χ1v) is 10.3. The van der Waals surface area contributed by atoms with Crippen molar-refractivity contribution in [3.05, 3.63) is 64.9 Å². The summed E-state index contributed by atoms with van der Waals surface area (Å²) in [7, 11) is 0. The molecular formula is C23H22N6O2.